The first-order valence-electron chi connectivity index (χ1n) is 19.2. The smallest absolute Gasteiger partial charge is 0.388 e. The van der Waals surface area contributed by atoms with Gasteiger partial charge in [0.1, 0.15) is 17.3 Å². The molecule has 0 fully saturated rings. The predicted molar refractivity (Wildman–Crippen MR) is 243 cm³/mol. The molecule has 6 aromatic heterocycles. The lowest BCUT2D eigenvalue weighted by Gasteiger charge is -2.11. The van der Waals surface area contributed by atoms with Crippen LogP contribution in [-0.4, -0.2) is 65.3 Å². The Morgan fingerprint density at radius 1 is 0.889 bits per heavy atom. The maximum atomic E-state index is 13.1. The Balaban J connectivity index is 0.000000302. The van der Waals surface area contributed by atoms with Crippen LogP contribution in [-0.2, 0) is 38.4 Å². The number of nitrogens with zero attached hydrogens (tertiary/aromatic N) is 7. The highest BCUT2D eigenvalue weighted by Crippen LogP contribution is 2.22. The lowest BCUT2D eigenvalue weighted by Crippen LogP contribution is -2.24. The molecule has 1 atom stereocenters. The maximum Gasteiger partial charge on any atom is 0.388 e. The minimum Gasteiger partial charge on any atom is -0.466 e. The molecule has 17 heteroatoms. The average molecular weight is 878 g/mol. The van der Waals surface area contributed by atoms with E-state index in [0.717, 1.165) is 50.3 Å². The summed E-state index contributed by atoms with van der Waals surface area (Å²) in [5.41, 5.74) is 12.5. The van der Waals surface area contributed by atoms with Crippen LogP contribution in [0.1, 0.15) is 84.8 Å². The third kappa shape index (κ3) is 13.8. The van der Waals surface area contributed by atoms with E-state index in [4.69, 9.17) is 27.1 Å². The third-order valence-corrected chi connectivity index (χ3v) is 9.16. The number of nitrogen functional groups attached to an aromatic ring is 1. The predicted octanol–water partition coefficient (Wildman–Crippen LogP) is 8.07. The first-order chi connectivity index (χ1) is 29.4. The van der Waals surface area contributed by atoms with E-state index >= 15 is 0 Å². The Morgan fingerprint density at radius 2 is 1.60 bits per heavy atom. The second-order valence-corrected chi connectivity index (χ2v) is 13.7. The number of nitrogens with one attached hydrogen (secondary N) is 1. The molecular weight excluding hydrogens is 826 g/mol. The fourth-order valence-corrected chi connectivity index (χ4v) is 6.35. The number of nitro groups is 1. The van der Waals surface area contributed by atoms with Crippen LogP contribution in [0, 0.1) is 24.0 Å². The van der Waals surface area contributed by atoms with Crippen molar-refractivity contribution < 1.29 is 28.8 Å². The molecule has 0 aliphatic heterocycles. The van der Waals surface area contributed by atoms with Crippen LogP contribution in [0.2, 0.25) is 5.02 Å². The molecule has 0 radical (unpaired) electrons. The molecule has 16 nitrogen and oxygen atoms in total. The van der Waals surface area contributed by atoms with Gasteiger partial charge in [-0.2, -0.15) is 0 Å². The molecule has 3 N–H and O–H groups in total. The molecule has 0 spiro atoms. The number of hydrogen-bond donors (Lipinski definition) is 2. The number of nitrogens with two attached hydrogens (primary N) is 1. The maximum absolute atomic E-state index is 13.1. The van der Waals surface area contributed by atoms with Gasteiger partial charge in [0.2, 0.25) is 0 Å². The molecule has 7 rings (SSSR count). The standard InChI is InChI=1S/C26H23ClN6O.C9H10N2O4.C9H11NO2.2CH4/c1-15-9-23(28)31-16(2)20(15)14-30-26(34)25-22-5-3-4-8-33(22)24(32-25)11-17-6-7-21-18(10-17)12-19(27)13-29-21;1-2-15-9(12)8(11(13)14)7-5-3-4-6-10-7;1-2-12-9(11)7-8-5-3-4-6-10-8;;/h3-10,12-13H,11,14H2,1-2H3,(H2,28,31)(H,30,34);3-6,8H,2H2,1H3;3-6H,2,7H2,1H3;2*1H4. The van der Waals surface area contributed by atoms with E-state index in [-0.39, 0.29) is 45.5 Å². The van der Waals surface area contributed by atoms with Crippen molar-refractivity contribution in [3.05, 3.63) is 170 Å². The summed E-state index contributed by atoms with van der Waals surface area (Å²) in [7, 11) is 0. The van der Waals surface area contributed by atoms with Crippen LogP contribution in [0.5, 0.6) is 0 Å². The number of hydrogen-bond acceptors (Lipinski definition) is 13. The molecule has 0 aliphatic carbocycles. The molecular formula is C46H52ClN9O7. The molecule has 0 saturated heterocycles. The number of pyridine rings is 5. The van der Waals surface area contributed by atoms with Crippen LogP contribution >= 0.6 is 11.6 Å². The van der Waals surface area contributed by atoms with Crippen molar-refractivity contribution in [2.24, 2.45) is 0 Å². The fraction of sp³-hybridized carbons (Fsp3) is 0.261. The van der Waals surface area contributed by atoms with Crippen molar-refractivity contribution in [3.63, 3.8) is 0 Å². The topological polar surface area (TPSA) is 220 Å². The van der Waals surface area contributed by atoms with Crippen molar-refractivity contribution in [2.45, 2.75) is 68.0 Å². The second-order valence-electron chi connectivity index (χ2n) is 13.3. The summed E-state index contributed by atoms with van der Waals surface area (Å²) in [6.07, 6.45) is 7.43. The molecule has 1 unspecified atom stereocenters. The third-order valence-electron chi connectivity index (χ3n) is 8.96. The van der Waals surface area contributed by atoms with Gasteiger partial charge in [-0.1, -0.05) is 50.7 Å². The number of benzene rings is 1. The number of aryl methyl sites for hydroxylation is 2. The molecule has 0 saturated carbocycles. The first-order valence-corrected chi connectivity index (χ1v) is 19.5. The van der Waals surface area contributed by atoms with Crippen LogP contribution in [0.15, 0.2) is 110 Å². The van der Waals surface area contributed by atoms with Crippen molar-refractivity contribution >= 4 is 51.7 Å². The normalized spacial score (nSPS) is 10.7. The van der Waals surface area contributed by atoms with Gasteiger partial charge < -0.3 is 24.9 Å². The van der Waals surface area contributed by atoms with Crippen molar-refractivity contribution in [3.8, 4) is 0 Å². The Hall–Kier alpha value is -7.33. The number of amides is 1. The minimum absolute atomic E-state index is 0. The SMILES string of the molecule is C.C.CCOC(=O)C(c1ccccn1)[N+](=O)[O-].CCOC(=O)Cc1ccccn1.Cc1cc(N)nc(C)c1CNC(=O)c1nc(Cc2ccc3ncc(Cl)cc3c2)n2ccccc12. The molecule has 0 bridgehead atoms. The van der Waals surface area contributed by atoms with Gasteiger partial charge in [0.15, 0.2) is 5.69 Å². The number of halogens is 1. The summed E-state index contributed by atoms with van der Waals surface area (Å²) < 4.78 is 11.3. The average Bonchev–Trinajstić information content (AvgIpc) is 3.59. The molecule has 1 aromatic carbocycles. The molecule has 1 amide bonds. The quantitative estimate of drug-likeness (QED) is 0.0675. The summed E-state index contributed by atoms with van der Waals surface area (Å²) in [4.78, 5) is 66.5. The molecule has 6 heterocycles. The lowest BCUT2D eigenvalue weighted by molar-refractivity contribution is -0.517. The highest BCUT2D eigenvalue weighted by Gasteiger charge is 2.34. The fourth-order valence-electron chi connectivity index (χ4n) is 6.18. The van der Waals surface area contributed by atoms with E-state index in [1.165, 1.54) is 12.3 Å². The number of carbonyl (C=O) groups is 3. The summed E-state index contributed by atoms with van der Waals surface area (Å²) >= 11 is 6.12. The van der Waals surface area contributed by atoms with Crippen LogP contribution in [0.4, 0.5) is 5.82 Å². The van der Waals surface area contributed by atoms with E-state index in [9.17, 15) is 24.5 Å². The zero-order valence-electron chi connectivity index (χ0n) is 33.9. The monoisotopic (exact) mass is 877 g/mol. The largest absolute Gasteiger partial charge is 0.466 e. The first kappa shape index (κ1) is 50.0. The van der Waals surface area contributed by atoms with E-state index in [1.807, 2.05) is 79.0 Å². The van der Waals surface area contributed by atoms with Crippen LogP contribution < -0.4 is 11.1 Å². The Morgan fingerprint density at radius 3 is 2.25 bits per heavy atom. The van der Waals surface area contributed by atoms with E-state index < -0.39 is 16.9 Å². The number of anilines is 1. The molecule has 63 heavy (non-hydrogen) atoms. The molecule has 330 valence electrons. The highest BCUT2D eigenvalue weighted by atomic mass is 35.5. The number of ether oxygens (including phenoxy) is 2. The van der Waals surface area contributed by atoms with Crippen molar-refractivity contribution in [2.75, 3.05) is 18.9 Å². The Labute approximate surface area is 371 Å². The zero-order chi connectivity index (χ0) is 43.9. The number of rotatable bonds is 12. The van der Waals surface area contributed by atoms with Crippen LogP contribution in [0.3, 0.4) is 0 Å². The number of imidazole rings is 1. The van der Waals surface area contributed by atoms with Gasteiger partial charge in [0, 0.05) is 53.8 Å². The highest BCUT2D eigenvalue weighted by molar-refractivity contribution is 6.31. The summed E-state index contributed by atoms with van der Waals surface area (Å²) in [5, 5.41) is 15.2. The van der Waals surface area contributed by atoms with Crippen molar-refractivity contribution in [1.82, 2.24) is 34.6 Å². The van der Waals surface area contributed by atoms with Gasteiger partial charge in [-0.05, 0) is 105 Å². The number of fused-ring (bicyclic) bond motifs is 2. The second kappa shape index (κ2) is 24.2. The Bertz CT molecular complexity index is 2600. The Kier molecular flexibility index (Phi) is 19.2. The van der Waals surface area contributed by atoms with Gasteiger partial charge in [-0.25, -0.2) is 14.8 Å². The summed E-state index contributed by atoms with van der Waals surface area (Å²) in [5.74, 6) is -0.101. The minimum atomic E-state index is -1.54. The van der Waals surface area contributed by atoms with Crippen LogP contribution in [0.25, 0.3) is 16.4 Å². The summed E-state index contributed by atoms with van der Waals surface area (Å²) in [6.45, 7) is 8.11. The van der Waals surface area contributed by atoms with Gasteiger partial charge >= 0.3 is 18.0 Å². The zero-order valence-corrected chi connectivity index (χ0v) is 34.7. The van der Waals surface area contributed by atoms with Gasteiger partial charge in [0.05, 0.1) is 41.4 Å². The number of carbonyl (C=O) groups excluding carboxylic acids is 3. The van der Waals surface area contributed by atoms with E-state index in [1.54, 1.807) is 44.4 Å². The summed E-state index contributed by atoms with van der Waals surface area (Å²) in [6, 6.07) is 24.0. The van der Waals surface area contributed by atoms with E-state index in [2.05, 4.69) is 36.1 Å². The van der Waals surface area contributed by atoms with Gasteiger partial charge in [-0.15, -0.1) is 0 Å². The molecule has 0 aliphatic rings. The number of esters is 2. The van der Waals surface area contributed by atoms with E-state index in [0.29, 0.717) is 36.1 Å². The molecule has 7 aromatic rings. The van der Waals surface area contributed by atoms with Crippen molar-refractivity contribution in [1.29, 1.82) is 0 Å². The lowest BCUT2D eigenvalue weighted by atomic mass is 10.1. The number of aromatic nitrogens is 6. The van der Waals surface area contributed by atoms with Gasteiger partial charge in [-0.3, -0.25) is 34.7 Å². The van der Waals surface area contributed by atoms with Gasteiger partial charge in [0.25, 0.3) is 5.91 Å².